The number of anilines is 1. The molecule has 3 fully saturated rings. The fourth-order valence-electron chi connectivity index (χ4n) is 6.72. The number of thioether (sulfide) groups is 1. The Bertz CT molecular complexity index is 1300. The highest BCUT2D eigenvalue weighted by Gasteiger charge is 2.75. The van der Waals surface area contributed by atoms with E-state index in [9.17, 15) is 19.5 Å². The molecule has 2 amide bonds. The first-order valence-electron chi connectivity index (χ1n) is 14.0. The van der Waals surface area contributed by atoms with Gasteiger partial charge in [0.05, 0.1) is 35.8 Å². The van der Waals surface area contributed by atoms with Crippen molar-refractivity contribution in [3.05, 3.63) is 90.5 Å². The summed E-state index contributed by atoms with van der Waals surface area (Å²) < 4.78 is 4.84. The first-order chi connectivity index (χ1) is 19.9. The van der Waals surface area contributed by atoms with Gasteiger partial charge < -0.3 is 19.6 Å². The van der Waals surface area contributed by atoms with Crippen LogP contribution >= 0.6 is 23.4 Å². The number of hydrogen-bond donors (Lipinski definition) is 1. The van der Waals surface area contributed by atoms with Gasteiger partial charge >= 0.3 is 5.97 Å². The number of aliphatic hydroxyl groups is 1. The van der Waals surface area contributed by atoms with Gasteiger partial charge in [0.1, 0.15) is 6.04 Å². The van der Waals surface area contributed by atoms with Crippen LogP contribution in [0.25, 0.3) is 0 Å². The summed E-state index contributed by atoms with van der Waals surface area (Å²) in [5.41, 5.74) is 1.35. The highest BCUT2D eigenvalue weighted by molar-refractivity contribution is 8.02. The molecule has 3 saturated heterocycles. The number of nitrogens with zero attached hydrogens (tertiary/aromatic N) is 2. The molecule has 0 radical (unpaired) electrons. The summed E-state index contributed by atoms with van der Waals surface area (Å²) in [6, 6.07) is 14.6. The van der Waals surface area contributed by atoms with Crippen LogP contribution in [-0.4, -0.2) is 63.6 Å². The van der Waals surface area contributed by atoms with Crippen LogP contribution in [0, 0.1) is 11.8 Å². The van der Waals surface area contributed by atoms with E-state index >= 15 is 0 Å². The smallest absolute Gasteiger partial charge is 0.310 e. The minimum atomic E-state index is -0.901. The number of halogens is 1. The van der Waals surface area contributed by atoms with Crippen LogP contribution in [0.2, 0.25) is 5.02 Å². The molecular formula is C32H35ClN2O5S. The zero-order valence-corrected chi connectivity index (χ0v) is 24.4. The molecule has 9 heteroatoms. The van der Waals surface area contributed by atoms with Gasteiger partial charge in [0.2, 0.25) is 5.91 Å². The Balaban J connectivity index is 1.58. The lowest BCUT2D eigenvalue weighted by molar-refractivity contribution is -0.154. The Morgan fingerprint density at radius 2 is 1.90 bits per heavy atom. The molecule has 3 heterocycles. The molecule has 0 aromatic heterocycles. The number of rotatable bonds is 12. The molecule has 0 aliphatic carbocycles. The number of amides is 2. The molecule has 2 bridgehead atoms. The van der Waals surface area contributed by atoms with E-state index in [0.29, 0.717) is 30.0 Å². The average Bonchev–Trinajstić information content (AvgIpc) is 3.63. The molecular weight excluding hydrogens is 560 g/mol. The second-order valence-electron chi connectivity index (χ2n) is 10.7. The first kappa shape index (κ1) is 29.4. The van der Waals surface area contributed by atoms with E-state index in [2.05, 4.69) is 13.2 Å². The standard InChI is InChI=1S/C32H35ClN2O5S/c1-3-5-9-19-40-31(39)26-25-16-17-32(41-25)27(26)29(37)35(24(20-36)21-10-7-6-8-11-21)28(32)30(38)34(18-4-2)23-14-12-22(33)13-15-23/h3-4,6-8,10-15,24-28,36H,1-2,5,9,16-20H2/t24-,25+,26-,27+,28?,32?/m1/s1. The van der Waals surface area contributed by atoms with E-state index < -0.39 is 28.7 Å². The largest absolute Gasteiger partial charge is 0.465 e. The zero-order chi connectivity index (χ0) is 29.1. The third kappa shape index (κ3) is 5.22. The van der Waals surface area contributed by atoms with Crippen LogP contribution in [0.4, 0.5) is 5.69 Å². The van der Waals surface area contributed by atoms with Gasteiger partial charge in [0.25, 0.3) is 5.91 Å². The maximum Gasteiger partial charge on any atom is 0.310 e. The van der Waals surface area contributed by atoms with Crippen molar-refractivity contribution in [3.63, 3.8) is 0 Å². The van der Waals surface area contributed by atoms with Crippen molar-refractivity contribution >= 4 is 46.8 Å². The Morgan fingerprint density at radius 1 is 1.17 bits per heavy atom. The molecule has 1 spiro atoms. The van der Waals surface area contributed by atoms with E-state index in [1.807, 2.05) is 30.3 Å². The number of fused-ring (bicyclic) bond motifs is 1. The van der Waals surface area contributed by atoms with Crippen molar-refractivity contribution in [2.24, 2.45) is 11.8 Å². The van der Waals surface area contributed by atoms with Gasteiger partial charge in [-0.3, -0.25) is 14.4 Å². The lowest BCUT2D eigenvalue weighted by Crippen LogP contribution is -2.56. The molecule has 2 unspecified atom stereocenters. The number of benzene rings is 2. The van der Waals surface area contributed by atoms with E-state index in [1.165, 1.54) is 0 Å². The lowest BCUT2D eigenvalue weighted by atomic mass is 9.71. The molecule has 3 aliphatic heterocycles. The van der Waals surface area contributed by atoms with Crippen LogP contribution in [-0.2, 0) is 19.1 Å². The Labute approximate surface area is 250 Å². The summed E-state index contributed by atoms with van der Waals surface area (Å²) >= 11 is 7.71. The van der Waals surface area contributed by atoms with Gasteiger partial charge in [0.15, 0.2) is 0 Å². The number of unbranched alkanes of at least 4 members (excludes halogenated alkanes) is 1. The van der Waals surface area contributed by atoms with Gasteiger partial charge in [-0.2, -0.15) is 0 Å². The number of esters is 1. The highest BCUT2D eigenvalue weighted by atomic mass is 35.5. The van der Waals surface area contributed by atoms with E-state index in [0.717, 1.165) is 12.0 Å². The molecule has 1 N–H and O–H groups in total. The third-order valence-corrected chi connectivity index (χ3v) is 10.7. The fourth-order valence-corrected chi connectivity index (χ4v) is 9.03. The number of carbonyl (C=O) groups excluding carboxylic acids is 3. The molecule has 6 atom stereocenters. The van der Waals surface area contributed by atoms with Crippen molar-refractivity contribution in [1.82, 2.24) is 4.90 Å². The minimum absolute atomic E-state index is 0.110. The predicted molar refractivity (Wildman–Crippen MR) is 162 cm³/mol. The lowest BCUT2D eigenvalue weighted by Gasteiger charge is -2.39. The Morgan fingerprint density at radius 3 is 2.56 bits per heavy atom. The maximum absolute atomic E-state index is 14.7. The average molecular weight is 595 g/mol. The molecule has 2 aromatic rings. The number of likely N-dealkylation sites (tertiary alicyclic amines) is 1. The van der Waals surface area contributed by atoms with Gasteiger partial charge in [-0.05, 0) is 55.5 Å². The summed E-state index contributed by atoms with van der Waals surface area (Å²) in [6.07, 6.45) is 6.13. The number of allylic oxidation sites excluding steroid dienone is 1. The summed E-state index contributed by atoms with van der Waals surface area (Å²) in [5, 5.41) is 11.1. The number of ether oxygens (including phenoxy) is 1. The van der Waals surface area contributed by atoms with Crippen LogP contribution in [0.15, 0.2) is 79.9 Å². The van der Waals surface area contributed by atoms with Crippen molar-refractivity contribution in [2.45, 2.75) is 47.8 Å². The van der Waals surface area contributed by atoms with Crippen molar-refractivity contribution in [1.29, 1.82) is 0 Å². The summed E-state index contributed by atoms with van der Waals surface area (Å²) in [5.74, 6) is -2.32. The van der Waals surface area contributed by atoms with Gasteiger partial charge in [-0.25, -0.2) is 0 Å². The summed E-state index contributed by atoms with van der Waals surface area (Å²) in [7, 11) is 0. The van der Waals surface area contributed by atoms with Gasteiger partial charge in [0, 0.05) is 22.5 Å². The molecule has 0 saturated carbocycles. The van der Waals surface area contributed by atoms with Crippen molar-refractivity contribution in [2.75, 3.05) is 24.7 Å². The van der Waals surface area contributed by atoms with Gasteiger partial charge in [-0.1, -0.05) is 54.1 Å². The van der Waals surface area contributed by atoms with Gasteiger partial charge in [-0.15, -0.1) is 24.9 Å². The summed E-state index contributed by atoms with van der Waals surface area (Å²) in [4.78, 5) is 45.8. The second-order valence-corrected chi connectivity index (χ2v) is 12.8. The van der Waals surface area contributed by atoms with E-state index in [-0.39, 0.29) is 42.8 Å². The quantitative estimate of drug-likeness (QED) is 0.207. The van der Waals surface area contributed by atoms with Crippen molar-refractivity contribution < 1.29 is 24.2 Å². The highest BCUT2D eigenvalue weighted by Crippen LogP contribution is 2.67. The SMILES string of the molecule is C=CCCCOC(=O)[C@@H]1[C@@H]2CCC3(S2)C(C(=O)N(CC=C)c2ccc(Cl)cc2)N([C@H](CO)c2ccccc2)C(=O)[C@H]13. The monoisotopic (exact) mass is 594 g/mol. The van der Waals surface area contributed by atoms with Crippen molar-refractivity contribution in [3.8, 4) is 0 Å². The Kier molecular flexibility index (Phi) is 8.92. The van der Waals surface area contributed by atoms with Crippen LogP contribution in [0.5, 0.6) is 0 Å². The Hall–Kier alpha value is -3.07. The number of aliphatic hydroxyl groups excluding tert-OH is 1. The fraction of sp³-hybridized carbons (Fsp3) is 0.406. The molecule has 216 valence electrons. The summed E-state index contributed by atoms with van der Waals surface area (Å²) in [6.45, 7) is 7.68. The molecule has 41 heavy (non-hydrogen) atoms. The minimum Gasteiger partial charge on any atom is -0.465 e. The second kappa shape index (κ2) is 12.4. The van der Waals surface area contributed by atoms with Crippen LogP contribution in [0.3, 0.4) is 0 Å². The molecule has 7 nitrogen and oxygen atoms in total. The van der Waals surface area contributed by atoms with Crippen LogP contribution in [0.1, 0.15) is 37.3 Å². The normalized spacial score (nSPS) is 26.9. The number of hydrogen-bond acceptors (Lipinski definition) is 6. The maximum atomic E-state index is 14.7. The zero-order valence-electron chi connectivity index (χ0n) is 22.9. The number of carbonyl (C=O) groups is 3. The topological polar surface area (TPSA) is 87.2 Å². The molecule has 5 rings (SSSR count). The first-order valence-corrected chi connectivity index (χ1v) is 15.2. The third-order valence-electron chi connectivity index (χ3n) is 8.45. The van der Waals surface area contributed by atoms with E-state index in [4.69, 9.17) is 16.3 Å². The van der Waals surface area contributed by atoms with Crippen LogP contribution < -0.4 is 4.90 Å². The van der Waals surface area contributed by atoms with E-state index in [1.54, 1.807) is 58.0 Å². The molecule has 2 aromatic carbocycles. The predicted octanol–water partition coefficient (Wildman–Crippen LogP) is 5.19. The molecule has 3 aliphatic rings.